The van der Waals surface area contributed by atoms with E-state index in [1.807, 2.05) is 6.92 Å². The minimum Gasteiger partial charge on any atom is -0.466 e. The summed E-state index contributed by atoms with van der Waals surface area (Å²) in [5.74, 6) is -0.279. The van der Waals surface area contributed by atoms with Crippen molar-refractivity contribution in [1.82, 2.24) is 4.90 Å². The van der Waals surface area contributed by atoms with Gasteiger partial charge in [0.1, 0.15) is 0 Å². The van der Waals surface area contributed by atoms with E-state index in [0.717, 1.165) is 6.42 Å². The van der Waals surface area contributed by atoms with E-state index in [2.05, 4.69) is 0 Å². The van der Waals surface area contributed by atoms with Gasteiger partial charge in [0.2, 0.25) is 0 Å². The molecule has 0 heterocycles. The Labute approximate surface area is 78.4 Å². The Hall–Kier alpha value is -1.26. The molecule has 0 aliphatic heterocycles. The summed E-state index contributed by atoms with van der Waals surface area (Å²) in [6, 6.07) is 0. The van der Waals surface area contributed by atoms with Crippen LogP contribution in [0.3, 0.4) is 0 Å². The van der Waals surface area contributed by atoms with Crippen LogP contribution in [0.2, 0.25) is 0 Å². The Bertz CT molecular complexity index is 182. The van der Waals surface area contributed by atoms with Gasteiger partial charge < -0.3 is 15.4 Å². The van der Waals surface area contributed by atoms with E-state index >= 15 is 0 Å². The number of ether oxygens (including phenoxy) is 1. The van der Waals surface area contributed by atoms with Crippen molar-refractivity contribution in [2.24, 2.45) is 5.73 Å². The maximum Gasteiger partial charge on any atom is 0.307 e. The average molecular weight is 187 g/mol. The van der Waals surface area contributed by atoms with Gasteiger partial charge in [-0.25, -0.2) is 0 Å². The third-order valence-electron chi connectivity index (χ3n) is 1.53. The van der Waals surface area contributed by atoms with Gasteiger partial charge in [0.05, 0.1) is 13.0 Å². The monoisotopic (exact) mass is 187 g/mol. The summed E-state index contributed by atoms with van der Waals surface area (Å²) >= 11 is 0. The Morgan fingerprint density at radius 3 is 2.69 bits per heavy atom. The summed E-state index contributed by atoms with van der Waals surface area (Å²) in [5.41, 5.74) is 5.18. The summed E-state index contributed by atoms with van der Waals surface area (Å²) in [4.78, 5) is 12.5. The van der Waals surface area contributed by atoms with Crippen LogP contribution in [0.25, 0.3) is 0 Å². The molecule has 76 valence electrons. The maximum absolute atomic E-state index is 11.0. The number of nitrogens with one attached hydrogen (secondary N) is 1. The van der Waals surface area contributed by atoms with Crippen LogP contribution in [0.5, 0.6) is 0 Å². The zero-order valence-corrected chi connectivity index (χ0v) is 8.17. The topological polar surface area (TPSA) is 79.4 Å². The first-order chi connectivity index (χ1) is 6.07. The fourth-order valence-electron chi connectivity index (χ4n) is 0.668. The van der Waals surface area contributed by atoms with Gasteiger partial charge in [0.25, 0.3) is 0 Å². The Morgan fingerprint density at radius 1 is 1.62 bits per heavy atom. The van der Waals surface area contributed by atoms with Gasteiger partial charge in [0.15, 0.2) is 5.96 Å². The summed E-state index contributed by atoms with van der Waals surface area (Å²) in [7, 11) is 1.66. The third-order valence-corrected chi connectivity index (χ3v) is 1.53. The second kappa shape index (κ2) is 6.28. The Balaban J connectivity index is 3.52. The average Bonchev–Trinajstić information content (AvgIpc) is 2.10. The highest BCUT2D eigenvalue weighted by molar-refractivity contribution is 5.75. The molecular formula is C8H17N3O2. The van der Waals surface area contributed by atoms with E-state index < -0.39 is 0 Å². The minimum atomic E-state index is -0.241. The van der Waals surface area contributed by atoms with Crippen molar-refractivity contribution in [2.45, 2.75) is 19.8 Å². The fourth-order valence-corrected chi connectivity index (χ4v) is 0.668. The normalized spacial score (nSPS) is 9.38. The molecule has 0 aliphatic rings. The number of carbonyl (C=O) groups excluding carboxylic acids is 1. The lowest BCUT2D eigenvalue weighted by Crippen LogP contribution is -2.34. The zero-order valence-electron chi connectivity index (χ0n) is 8.17. The van der Waals surface area contributed by atoms with Crippen molar-refractivity contribution in [3.8, 4) is 0 Å². The van der Waals surface area contributed by atoms with E-state index in [0.29, 0.717) is 13.2 Å². The first-order valence-corrected chi connectivity index (χ1v) is 4.28. The predicted octanol–water partition coefficient (Wildman–Crippen LogP) is 0.155. The highest BCUT2D eigenvalue weighted by Gasteiger charge is 2.05. The van der Waals surface area contributed by atoms with Crippen molar-refractivity contribution < 1.29 is 9.53 Å². The van der Waals surface area contributed by atoms with Crippen LogP contribution in [-0.4, -0.2) is 37.0 Å². The van der Waals surface area contributed by atoms with Gasteiger partial charge in [-0.2, -0.15) is 0 Å². The lowest BCUT2D eigenvalue weighted by atomic mass is 10.4. The zero-order chi connectivity index (χ0) is 10.3. The molecule has 5 heteroatoms. The number of rotatable bonds is 5. The second-order valence-corrected chi connectivity index (χ2v) is 2.78. The molecule has 0 unspecified atom stereocenters. The molecule has 13 heavy (non-hydrogen) atoms. The Morgan fingerprint density at radius 2 is 2.23 bits per heavy atom. The number of guanidine groups is 1. The van der Waals surface area contributed by atoms with Gasteiger partial charge >= 0.3 is 5.97 Å². The van der Waals surface area contributed by atoms with Crippen molar-refractivity contribution >= 4 is 11.9 Å². The third kappa shape index (κ3) is 5.95. The lowest BCUT2D eigenvalue weighted by Gasteiger charge is -2.15. The first kappa shape index (κ1) is 11.7. The molecule has 5 nitrogen and oxygen atoms in total. The molecule has 0 atom stereocenters. The van der Waals surface area contributed by atoms with Crippen LogP contribution in [0.1, 0.15) is 19.8 Å². The van der Waals surface area contributed by atoms with Crippen LogP contribution in [0, 0.1) is 5.41 Å². The highest BCUT2D eigenvalue weighted by Crippen LogP contribution is 1.91. The highest BCUT2D eigenvalue weighted by atomic mass is 16.5. The molecular weight excluding hydrogens is 170 g/mol. The number of nitrogens with two attached hydrogens (primary N) is 1. The van der Waals surface area contributed by atoms with E-state index in [4.69, 9.17) is 15.9 Å². The molecule has 3 N–H and O–H groups in total. The fraction of sp³-hybridized carbons (Fsp3) is 0.750. The van der Waals surface area contributed by atoms with Crippen molar-refractivity contribution in [3.63, 3.8) is 0 Å². The summed E-state index contributed by atoms with van der Waals surface area (Å²) in [5, 5.41) is 7.03. The first-order valence-electron chi connectivity index (χ1n) is 4.28. The molecule has 0 bridgehead atoms. The van der Waals surface area contributed by atoms with Crippen LogP contribution in [-0.2, 0) is 9.53 Å². The number of nitrogens with zero attached hydrogens (tertiary/aromatic N) is 1. The predicted molar refractivity (Wildman–Crippen MR) is 50.4 cm³/mol. The van der Waals surface area contributed by atoms with Crippen molar-refractivity contribution in [3.05, 3.63) is 0 Å². The maximum atomic E-state index is 11.0. The van der Waals surface area contributed by atoms with Gasteiger partial charge in [0, 0.05) is 13.6 Å². The molecule has 0 spiro atoms. The molecule has 0 radical (unpaired) electrons. The SMILES string of the molecule is CCCOC(=O)CCN(C)C(=N)N. The van der Waals surface area contributed by atoms with E-state index in [9.17, 15) is 4.79 Å². The van der Waals surface area contributed by atoms with Crippen LogP contribution >= 0.6 is 0 Å². The number of esters is 1. The van der Waals surface area contributed by atoms with Gasteiger partial charge in [-0.3, -0.25) is 10.2 Å². The minimum absolute atomic E-state index is 0.0386. The summed E-state index contributed by atoms with van der Waals surface area (Å²) < 4.78 is 4.84. The number of carbonyl (C=O) groups is 1. The van der Waals surface area contributed by atoms with Gasteiger partial charge in [-0.15, -0.1) is 0 Å². The van der Waals surface area contributed by atoms with Crippen LogP contribution in [0.4, 0.5) is 0 Å². The van der Waals surface area contributed by atoms with E-state index in [1.54, 1.807) is 7.05 Å². The summed E-state index contributed by atoms with van der Waals surface area (Å²) in [6.45, 7) is 2.83. The molecule has 0 rings (SSSR count). The number of hydrogen-bond acceptors (Lipinski definition) is 3. The number of hydrogen-bond donors (Lipinski definition) is 2. The van der Waals surface area contributed by atoms with Crippen LogP contribution < -0.4 is 5.73 Å². The largest absolute Gasteiger partial charge is 0.466 e. The second-order valence-electron chi connectivity index (χ2n) is 2.78. The van der Waals surface area contributed by atoms with E-state index in [1.165, 1.54) is 4.90 Å². The molecule has 0 aromatic rings. The van der Waals surface area contributed by atoms with Gasteiger partial charge in [-0.1, -0.05) is 6.92 Å². The molecule has 0 saturated heterocycles. The molecule has 0 fully saturated rings. The van der Waals surface area contributed by atoms with Crippen molar-refractivity contribution in [2.75, 3.05) is 20.2 Å². The molecule has 0 aliphatic carbocycles. The van der Waals surface area contributed by atoms with Gasteiger partial charge in [-0.05, 0) is 6.42 Å². The quantitative estimate of drug-likeness (QED) is 0.365. The van der Waals surface area contributed by atoms with Crippen molar-refractivity contribution in [1.29, 1.82) is 5.41 Å². The standard InChI is InChI=1S/C8H17N3O2/c1-3-6-13-7(12)4-5-11(2)8(9)10/h3-6H2,1-2H3,(H3,9,10). The molecule has 0 amide bonds. The van der Waals surface area contributed by atoms with E-state index in [-0.39, 0.29) is 18.3 Å². The molecule has 0 aromatic carbocycles. The summed E-state index contributed by atoms with van der Waals surface area (Å²) in [6.07, 6.45) is 1.10. The molecule has 0 saturated carbocycles. The Kier molecular flexibility index (Phi) is 5.67. The lowest BCUT2D eigenvalue weighted by molar-refractivity contribution is -0.143. The molecule has 0 aromatic heterocycles. The van der Waals surface area contributed by atoms with Crippen LogP contribution in [0.15, 0.2) is 0 Å². The smallest absolute Gasteiger partial charge is 0.307 e.